The first-order valence-electron chi connectivity index (χ1n) is 8.09. The van der Waals surface area contributed by atoms with Crippen molar-refractivity contribution in [2.24, 2.45) is 0 Å². The summed E-state index contributed by atoms with van der Waals surface area (Å²) in [4.78, 5) is 8.76. The Bertz CT molecular complexity index is 828. The number of halogens is 1. The fourth-order valence-electron chi connectivity index (χ4n) is 2.86. The van der Waals surface area contributed by atoms with Crippen molar-refractivity contribution >= 4 is 21.6 Å². The van der Waals surface area contributed by atoms with Gasteiger partial charge in [-0.2, -0.15) is 9.29 Å². The van der Waals surface area contributed by atoms with Crippen molar-refractivity contribution in [1.82, 2.24) is 14.3 Å². The highest BCUT2D eigenvalue weighted by Crippen LogP contribution is 2.24. The molecule has 25 heavy (non-hydrogen) atoms. The van der Waals surface area contributed by atoms with Gasteiger partial charge in [-0.25, -0.2) is 13.4 Å². The molecular formula is C17H20ClN3O3S. The van der Waals surface area contributed by atoms with Crippen molar-refractivity contribution in [3.8, 4) is 5.88 Å². The van der Waals surface area contributed by atoms with Crippen LogP contribution in [0.15, 0.2) is 35.2 Å². The Labute approximate surface area is 152 Å². The smallest absolute Gasteiger partial charge is 0.243 e. The molecule has 1 aromatic heterocycles. The third-order valence-corrected chi connectivity index (χ3v) is 6.25. The van der Waals surface area contributed by atoms with E-state index in [0.29, 0.717) is 42.7 Å². The van der Waals surface area contributed by atoms with E-state index in [1.54, 1.807) is 18.2 Å². The highest BCUT2D eigenvalue weighted by Gasteiger charge is 2.30. The maximum Gasteiger partial charge on any atom is 0.243 e. The fraction of sp³-hybridized carbons (Fsp3) is 0.412. The molecule has 0 bridgehead atoms. The Morgan fingerprint density at radius 3 is 2.36 bits per heavy atom. The molecule has 2 aromatic rings. The standard InChI is InChI=1S/C17H20ClN3O3S/c1-12-11-17(20-13(2)19-12)24-15-7-9-21(10-8-15)25(22,23)16-5-3-14(18)4-6-16/h3-6,11,15H,7-10H2,1-2H3. The molecular weight excluding hydrogens is 362 g/mol. The predicted octanol–water partition coefficient (Wildman–Crippen LogP) is 2.98. The number of rotatable bonds is 4. The monoisotopic (exact) mass is 381 g/mol. The van der Waals surface area contributed by atoms with Crippen LogP contribution in [0.5, 0.6) is 5.88 Å². The SMILES string of the molecule is Cc1cc(OC2CCN(S(=O)(=O)c3ccc(Cl)cc3)CC2)nc(C)n1. The predicted molar refractivity (Wildman–Crippen MR) is 95.4 cm³/mol. The fourth-order valence-corrected chi connectivity index (χ4v) is 4.46. The number of benzene rings is 1. The first-order valence-corrected chi connectivity index (χ1v) is 9.91. The molecule has 0 aliphatic carbocycles. The van der Waals surface area contributed by atoms with E-state index in [9.17, 15) is 8.42 Å². The van der Waals surface area contributed by atoms with Gasteiger partial charge < -0.3 is 4.74 Å². The largest absolute Gasteiger partial charge is 0.474 e. The van der Waals surface area contributed by atoms with Crippen LogP contribution in [0.2, 0.25) is 5.02 Å². The summed E-state index contributed by atoms with van der Waals surface area (Å²) in [6.45, 7) is 4.54. The van der Waals surface area contributed by atoms with Crippen LogP contribution in [0, 0.1) is 13.8 Å². The lowest BCUT2D eigenvalue weighted by atomic mass is 10.1. The molecule has 0 saturated carbocycles. The summed E-state index contributed by atoms with van der Waals surface area (Å²) in [6.07, 6.45) is 1.19. The molecule has 1 aromatic carbocycles. The van der Waals surface area contributed by atoms with E-state index < -0.39 is 10.0 Å². The normalized spacial score (nSPS) is 16.8. The zero-order valence-electron chi connectivity index (χ0n) is 14.1. The Morgan fingerprint density at radius 1 is 1.12 bits per heavy atom. The summed E-state index contributed by atoms with van der Waals surface area (Å²) in [5.74, 6) is 1.21. The van der Waals surface area contributed by atoms with E-state index in [2.05, 4.69) is 9.97 Å². The van der Waals surface area contributed by atoms with Gasteiger partial charge in [0.1, 0.15) is 11.9 Å². The molecule has 1 saturated heterocycles. The third kappa shape index (κ3) is 4.29. The minimum atomic E-state index is -3.50. The Morgan fingerprint density at radius 2 is 1.76 bits per heavy atom. The minimum Gasteiger partial charge on any atom is -0.474 e. The Balaban J connectivity index is 1.64. The molecule has 2 heterocycles. The topological polar surface area (TPSA) is 72.4 Å². The summed E-state index contributed by atoms with van der Waals surface area (Å²) < 4.78 is 32.8. The van der Waals surface area contributed by atoms with E-state index in [1.165, 1.54) is 16.4 Å². The Kier molecular flexibility index (Phi) is 5.27. The van der Waals surface area contributed by atoms with Gasteiger partial charge in [0.2, 0.25) is 15.9 Å². The van der Waals surface area contributed by atoms with Crippen molar-refractivity contribution in [1.29, 1.82) is 0 Å². The van der Waals surface area contributed by atoms with Gasteiger partial charge in [0.05, 0.1) is 4.90 Å². The van der Waals surface area contributed by atoms with Crippen molar-refractivity contribution in [2.75, 3.05) is 13.1 Å². The molecule has 3 rings (SSSR count). The molecule has 134 valence electrons. The number of hydrogen-bond acceptors (Lipinski definition) is 5. The molecule has 0 unspecified atom stereocenters. The van der Waals surface area contributed by atoms with Crippen molar-refractivity contribution in [2.45, 2.75) is 37.7 Å². The molecule has 8 heteroatoms. The molecule has 1 fully saturated rings. The summed E-state index contributed by atoms with van der Waals surface area (Å²) in [5.41, 5.74) is 0.852. The van der Waals surface area contributed by atoms with E-state index in [1.807, 2.05) is 13.8 Å². The van der Waals surface area contributed by atoms with Crippen molar-refractivity contribution in [3.63, 3.8) is 0 Å². The van der Waals surface area contributed by atoms with Gasteiger partial charge in [-0.05, 0) is 51.0 Å². The number of ether oxygens (including phenoxy) is 1. The van der Waals surface area contributed by atoms with Crippen LogP contribution in [0.1, 0.15) is 24.4 Å². The zero-order chi connectivity index (χ0) is 18.0. The second-order valence-electron chi connectivity index (χ2n) is 6.07. The van der Waals surface area contributed by atoms with Gasteiger partial charge in [-0.3, -0.25) is 0 Å². The second kappa shape index (κ2) is 7.27. The molecule has 0 radical (unpaired) electrons. The molecule has 0 atom stereocenters. The number of nitrogens with zero attached hydrogens (tertiary/aromatic N) is 3. The highest BCUT2D eigenvalue weighted by molar-refractivity contribution is 7.89. The van der Waals surface area contributed by atoms with E-state index >= 15 is 0 Å². The average molecular weight is 382 g/mol. The van der Waals surface area contributed by atoms with Crippen LogP contribution in [0.3, 0.4) is 0 Å². The van der Waals surface area contributed by atoms with Gasteiger partial charge in [0.15, 0.2) is 0 Å². The minimum absolute atomic E-state index is 0.0506. The number of aromatic nitrogens is 2. The van der Waals surface area contributed by atoms with Gasteiger partial charge in [0.25, 0.3) is 0 Å². The number of aryl methyl sites for hydroxylation is 2. The van der Waals surface area contributed by atoms with E-state index in [4.69, 9.17) is 16.3 Å². The van der Waals surface area contributed by atoms with Gasteiger partial charge in [-0.15, -0.1) is 0 Å². The number of hydrogen-bond donors (Lipinski definition) is 0. The van der Waals surface area contributed by atoms with Crippen LogP contribution in [-0.4, -0.2) is 41.9 Å². The van der Waals surface area contributed by atoms with E-state index in [0.717, 1.165) is 5.69 Å². The first-order chi connectivity index (χ1) is 11.8. The summed E-state index contributed by atoms with van der Waals surface area (Å²) in [7, 11) is -3.50. The highest BCUT2D eigenvalue weighted by atomic mass is 35.5. The first kappa shape index (κ1) is 18.1. The molecule has 1 aliphatic rings. The van der Waals surface area contributed by atoms with Crippen LogP contribution in [0.4, 0.5) is 0 Å². The second-order valence-corrected chi connectivity index (χ2v) is 8.44. The average Bonchev–Trinajstić information content (AvgIpc) is 2.55. The van der Waals surface area contributed by atoms with Crippen LogP contribution >= 0.6 is 11.6 Å². The lowest BCUT2D eigenvalue weighted by molar-refractivity contribution is 0.129. The van der Waals surface area contributed by atoms with Gasteiger partial charge in [0, 0.05) is 29.9 Å². The summed E-state index contributed by atoms with van der Waals surface area (Å²) >= 11 is 5.83. The summed E-state index contributed by atoms with van der Waals surface area (Å²) in [6, 6.07) is 8.04. The number of piperidine rings is 1. The molecule has 0 spiro atoms. The Hall–Kier alpha value is -1.70. The van der Waals surface area contributed by atoms with Gasteiger partial charge >= 0.3 is 0 Å². The van der Waals surface area contributed by atoms with Gasteiger partial charge in [-0.1, -0.05) is 11.6 Å². The van der Waals surface area contributed by atoms with Crippen LogP contribution in [0.25, 0.3) is 0 Å². The summed E-state index contributed by atoms with van der Waals surface area (Å²) in [5, 5.41) is 0.515. The molecule has 1 aliphatic heterocycles. The zero-order valence-corrected chi connectivity index (χ0v) is 15.7. The quantitative estimate of drug-likeness (QED) is 0.814. The maximum absolute atomic E-state index is 12.7. The van der Waals surface area contributed by atoms with Crippen LogP contribution in [-0.2, 0) is 10.0 Å². The number of sulfonamides is 1. The third-order valence-electron chi connectivity index (χ3n) is 4.08. The van der Waals surface area contributed by atoms with Crippen molar-refractivity contribution < 1.29 is 13.2 Å². The maximum atomic E-state index is 12.7. The molecule has 0 amide bonds. The van der Waals surface area contributed by atoms with Crippen LogP contribution < -0.4 is 4.74 Å². The lowest BCUT2D eigenvalue weighted by Crippen LogP contribution is -2.41. The lowest BCUT2D eigenvalue weighted by Gasteiger charge is -2.31. The van der Waals surface area contributed by atoms with Crippen molar-refractivity contribution in [3.05, 3.63) is 46.9 Å². The van der Waals surface area contributed by atoms with E-state index in [-0.39, 0.29) is 11.0 Å². The molecule has 0 N–H and O–H groups in total. The molecule has 6 nitrogen and oxygen atoms in total.